The third-order valence-corrected chi connectivity index (χ3v) is 1.48. The summed E-state index contributed by atoms with van der Waals surface area (Å²) in [5.41, 5.74) is 0.534. The first-order chi connectivity index (χ1) is 7.21. The number of hydrogen-bond acceptors (Lipinski definition) is 4. The summed E-state index contributed by atoms with van der Waals surface area (Å²) in [6.45, 7) is 0. The molecule has 1 aromatic carbocycles. The molecule has 0 radical (unpaired) electrons. The van der Waals surface area contributed by atoms with E-state index in [-0.39, 0.29) is 6.15 Å². The second-order valence-electron chi connectivity index (χ2n) is 2.26. The van der Waals surface area contributed by atoms with Gasteiger partial charge in [-0.1, -0.05) is 0 Å². The Morgan fingerprint density at radius 2 is 1.50 bits per heavy atom. The third-order valence-electron chi connectivity index (χ3n) is 1.48. The molecule has 0 saturated carbocycles. The zero-order chi connectivity index (χ0) is 11.7. The van der Waals surface area contributed by atoms with E-state index >= 15 is 0 Å². The molecular weight excluding hydrogens is 434 g/mol. The van der Waals surface area contributed by atoms with Crippen LogP contribution in [0.1, 0.15) is 5.56 Å². The van der Waals surface area contributed by atoms with Crippen molar-refractivity contribution in [1.29, 1.82) is 5.26 Å². The van der Waals surface area contributed by atoms with Crippen LogP contribution in [0.2, 0.25) is 0 Å². The molecule has 0 bridgehead atoms. The quantitative estimate of drug-likeness (QED) is 0.758. The number of halogens is 2. The number of benzene rings is 1. The zero-order valence-corrected chi connectivity index (χ0v) is 12.6. The first kappa shape index (κ1) is 17.9. The number of ether oxygens (including phenoxy) is 2. The Kier molecular flexibility index (Phi) is 12.4. The van der Waals surface area contributed by atoms with Crippen LogP contribution in [0.4, 0.5) is 0 Å². The van der Waals surface area contributed by atoms with Gasteiger partial charge in [-0.25, -0.2) is 0 Å². The summed E-state index contributed by atoms with van der Waals surface area (Å²) in [5, 5.41) is 8.62. The summed E-state index contributed by atoms with van der Waals surface area (Å²) in [4.78, 5) is 0. The summed E-state index contributed by atoms with van der Waals surface area (Å²) in [6, 6.07) is 7.05. The van der Waals surface area contributed by atoms with Gasteiger partial charge in [0.15, 0.2) is 0 Å². The minimum atomic E-state index is -0.472. The van der Waals surface area contributed by atoms with Gasteiger partial charge in [-0.15, -0.1) is 0 Å². The van der Waals surface area contributed by atoms with Crippen molar-refractivity contribution in [3.8, 4) is 17.6 Å². The number of methoxy groups -OCH3 is 2. The van der Waals surface area contributed by atoms with Crippen molar-refractivity contribution in [2.45, 2.75) is 0 Å². The second kappa shape index (κ2) is 11.0. The predicted molar refractivity (Wildman–Crippen MR) is 61.0 cm³/mol. The molecule has 0 saturated heterocycles. The molecule has 4 nitrogen and oxygen atoms in total. The Morgan fingerprint density at radius 3 is 1.75 bits per heavy atom. The molecule has 0 aromatic heterocycles. The van der Waals surface area contributed by atoms with Crippen LogP contribution in [0.25, 0.3) is 0 Å². The summed E-state index contributed by atoms with van der Waals surface area (Å²) in [6.07, 6.45) is 0. The van der Waals surface area contributed by atoms with Gasteiger partial charge in [0, 0.05) is 6.07 Å². The van der Waals surface area contributed by atoms with Crippen LogP contribution in [-0.2, 0) is 16.5 Å². The standard InChI is InChI=1S/C9H9NO2.2ClH.H3N.Pt/c1-11-8-3-7(6-10)4-9(5-8)12-2;;;;/h3-5H,1-2H3;2*1H;1H3;/q;;;;+2/p-2. The van der Waals surface area contributed by atoms with Crippen molar-refractivity contribution >= 4 is 18.8 Å². The molecule has 1 aromatic rings. The SMILES string of the molecule is COc1cc(C#N)cc(OC)c1.N.[Cl][Pt][Cl]. The molecule has 0 fully saturated rings. The van der Waals surface area contributed by atoms with Crippen LogP contribution in [0.3, 0.4) is 0 Å². The van der Waals surface area contributed by atoms with Crippen molar-refractivity contribution in [2.24, 2.45) is 0 Å². The topological polar surface area (TPSA) is 77.2 Å². The monoisotopic (exact) mass is 445 g/mol. The Labute approximate surface area is 111 Å². The van der Waals surface area contributed by atoms with Gasteiger partial charge in [0.05, 0.1) is 25.9 Å². The third kappa shape index (κ3) is 6.92. The van der Waals surface area contributed by atoms with E-state index in [1.165, 1.54) is 0 Å². The van der Waals surface area contributed by atoms with Crippen LogP contribution in [0.15, 0.2) is 18.2 Å². The van der Waals surface area contributed by atoms with E-state index in [4.69, 9.17) is 33.6 Å². The molecule has 0 atom stereocenters. The molecular formula is C9H12Cl2N2O2Pt. The maximum absolute atomic E-state index is 8.62. The Hall–Kier alpha value is -0.462. The molecule has 7 heteroatoms. The van der Waals surface area contributed by atoms with E-state index in [1.54, 1.807) is 32.4 Å². The van der Waals surface area contributed by atoms with Crippen molar-refractivity contribution in [3.63, 3.8) is 0 Å². The van der Waals surface area contributed by atoms with E-state index in [0.717, 1.165) is 0 Å². The summed E-state index contributed by atoms with van der Waals surface area (Å²) < 4.78 is 9.94. The molecule has 94 valence electrons. The molecule has 0 spiro atoms. The fourth-order valence-corrected chi connectivity index (χ4v) is 0.872. The predicted octanol–water partition coefficient (Wildman–Crippen LogP) is 3.11. The van der Waals surface area contributed by atoms with Gasteiger partial charge in [0.2, 0.25) is 0 Å². The Morgan fingerprint density at radius 1 is 1.12 bits per heavy atom. The van der Waals surface area contributed by atoms with Crippen LogP contribution in [0.5, 0.6) is 11.5 Å². The number of hydrogen-bond donors (Lipinski definition) is 1. The second-order valence-corrected chi connectivity index (χ2v) is 5.54. The van der Waals surface area contributed by atoms with E-state index in [2.05, 4.69) is 0 Å². The van der Waals surface area contributed by atoms with E-state index in [9.17, 15) is 0 Å². The molecule has 0 aliphatic rings. The fourth-order valence-electron chi connectivity index (χ4n) is 0.872. The first-order valence-corrected chi connectivity index (χ1v) is 9.30. The Bertz CT molecular complexity index is 323. The fraction of sp³-hybridized carbons (Fsp3) is 0.222. The van der Waals surface area contributed by atoms with E-state index in [0.29, 0.717) is 17.1 Å². The van der Waals surface area contributed by atoms with Crippen LogP contribution in [0, 0.1) is 11.3 Å². The maximum atomic E-state index is 8.62. The number of nitriles is 1. The van der Waals surface area contributed by atoms with Gasteiger partial charge in [0.1, 0.15) is 11.5 Å². The van der Waals surface area contributed by atoms with Crippen LogP contribution < -0.4 is 15.6 Å². The molecule has 0 aliphatic heterocycles. The normalized spacial score (nSPS) is 7.94. The van der Waals surface area contributed by atoms with Crippen molar-refractivity contribution in [2.75, 3.05) is 14.2 Å². The number of rotatable bonds is 2. The first-order valence-electron chi connectivity index (χ1n) is 3.67. The van der Waals surface area contributed by atoms with Gasteiger partial charge in [-0.3, -0.25) is 0 Å². The van der Waals surface area contributed by atoms with Gasteiger partial charge in [-0.2, -0.15) is 5.26 Å². The number of nitrogens with zero attached hydrogens (tertiary/aromatic N) is 1. The molecule has 0 unspecified atom stereocenters. The average molecular weight is 446 g/mol. The van der Waals surface area contributed by atoms with Crippen molar-refractivity contribution < 1.29 is 26.0 Å². The van der Waals surface area contributed by atoms with E-state index in [1.807, 2.05) is 6.07 Å². The molecule has 0 aliphatic carbocycles. The van der Waals surface area contributed by atoms with Crippen LogP contribution in [-0.4, -0.2) is 14.2 Å². The molecule has 16 heavy (non-hydrogen) atoms. The molecule has 0 heterocycles. The molecule has 1 rings (SSSR count). The molecule has 3 N–H and O–H groups in total. The van der Waals surface area contributed by atoms with Crippen molar-refractivity contribution in [3.05, 3.63) is 23.8 Å². The summed E-state index contributed by atoms with van der Waals surface area (Å²) >= 11 is -0.472. The zero-order valence-electron chi connectivity index (χ0n) is 8.78. The van der Waals surface area contributed by atoms with Gasteiger partial charge < -0.3 is 15.6 Å². The Balaban J connectivity index is 0. The minimum absolute atomic E-state index is 0. The summed E-state index contributed by atoms with van der Waals surface area (Å²) in [5.74, 6) is 1.26. The van der Waals surface area contributed by atoms with Crippen LogP contribution >= 0.6 is 18.8 Å². The molecule has 0 amide bonds. The van der Waals surface area contributed by atoms with E-state index < -0.39 is 16.5 Å². The average Bonchev–Trinajstić information content (AvgIpc) is 2.29. The van der Waals surface area contributed by atoms with Gasteiger partial charge >= 0.3 is 35.3 Å². The summed E-state index contributed by atoms with van der Waals surface area (Å²) in [7, 11) is 12.9. The van der Waals surface area contributed by atoms with Gasteiger partial charge in [-0.05, 0) is 12.1 Å². The van der Waals surface area contributed by atoms with Crippen molar-refractivity contribution in [1.82, 2.24) is 6.15 Å². The van der Waals surface area contributed by atoms with Gasteiger partial charge in [0.25, 0.3) is 0 Å².